The summed E-state index contributed by atoms with van der Waals surface area (Å²) in [5, 5.41) is 0.197. The Bertz CT molecular complexity index is 707. The number of carbonyl (C=O) groups excluding carboxylic acids is 1. The molecule has 0 aliphatic carbocycles. The number of carbonyl (C=O) groups is 1. The van der Waals surface area contributed by atoms with Crippen LogP contribution >= 0.6 is 11.6 Å². The first kappa shape index (κ1) is 15.5. The molecule has 2 aromatic rings. The largest absolute Gasteiger partial charge is 0.419 e. The molecule has 1 nitrogen and oxygen atoms in total. The van der Waals surface area contributed by atoms with Gasteiger partial charge in [0, 0.05) is 11.1 Å². The average molecular weight is 317 g/mol. The molecule has 2 rings (SSSR count). The zero-order valence-electron chi connectivity index (χ0n) is 10.8. The van der Waals surface area contributed by atoms with Crippen molar-refractivity contribution in [2.24, 2.45) is 0 Å². The molecule has 0 aliphatic rings. The normalized spacial score (nSPS) is 11.5. The Labute approximate surface area is 123 Å². The number of hydrogen-bond donors (Lipinski definition) is 0. The molecule has 0 N–H and O–H groups in total. The summed E-state index contributed by atoms with van der Waals surface area (Å²) in [6.45, 7) is 1.69. The molecule has 0 atom stereocenters. The van der Waals surface area contributed by atoms with Gasteiger partial charge in [0.05, 0.1) is 10.6 Å². The van der Waals surface area contributed by atoms with Crippen LogP contribution in [0.15, 0.2) is 36.4 Å². The minimum Gasteiger partial charge on any atom is -0.289 e. The Morgan fingerprint density at radius 2 is 1.81 bits per heavy atom. The predicted octanol–water partition coefficient (Wildman–Crippen LogP) is 5.04. The van der Waals surface area contributed by atoms with Crippen molar-refractivity contribution in [1.82, 2.24) is 0 Å². The first-order valence-corrected chi connectivity index (χ1v) is 6.26. The van der Waals surface area contributed by atoms with Crippen LogP contribution in [-0.4, -0.2) is 5.78 Å². The third-order valence-corrected chi connectivity index (χ3v) is 3.47. The summed E-state index contributed by atoms with van der Waals surface area (Å²) in [5.41, 5.74) is -0.826. The third-order valence-electron chi connectivity index (χ3n) is 2.97. The van der Waals surface area contributed by atoms with Crippen LogP contribution in [0.4, 0.5) is 17.6 Å². The van der Waals surface area contributed by atoms with Crippen molar-refractivity contribution < 1.29 is 22.4 Å². The fourth-order valence-corrected chi connectivity index (χ4v) is 2.08. The first-order chi connectivity index (χ1) is 9.71. The number of ketones is 1. The zero-order valence-corrected chi connectivity index (χ0v) is 11.5. The highest BCUT2D eigenvalue weighted by Gasteiger charge is 2.34. The molecule has 0 amide bonds. The van der Waals surface area contributed by atoms with Crippen LogP contribution in [0.5, 0.6) is 0 Å². The van der Waals surface area contributed by atoms with Gasteiger partial charge >= 0.3 is 6.18 Å². The van der Waals surface area contributed by atoms with E-state index in [9.17, 15) is 22.4 Å². The molecule has 0 saturated heterocycles. The Kier molecular flexibility index (Phi) is 4.05. The molecule has 0 fully saturated rings. The Hall–Kier alpha value is -1.88. The first-order valence-electron chi connectivity index (χ1n) is 5.88. The van der Waals surface area contributed by atoms with Gasteiger partial charge in [0.1, 0.15) is 5.82 Å². The lowest BCUT2D eigenvalue weighted by atomic mass is 10.00. The molecule has 0 bridgehead atoms. The van der Waals surface area contributed by atoms with Crippen molar-refractivity contribution in [3.8, 4) is 0 Å². The van der Waals surface area contributed by atoms with E-state index < -0.39 is 23.3 Å². The van der Waals surface area contributed by atoms with Crippen molar-refractivity contribution in [1.29, 1.82) is 0 Å². The maximum atomic E-state index is 13.5. The van der Waals surface area contributed by atoms with Crippen molar-refractivity contribution in [3.63, 3.8) is 0 Å². The average Bonchev–Trinajstić information content (AvgIpc) is 2.39. The highest BCUT2D eigenvalue weighted by Crippen LogP contribution is 2.32. The summed E-state index contributed by atoms with van der Waals surface area (Å²) in [5.74, 6) is -2.12. The SMILES string of the molecule is Cc1cccc(C(=O)c2ccc(C(F)(F)F)c(F)c2)c1Cl. The van der Waals surface area contributed by atoms with Crippen molar-refractivity contribution >= 4 is 17.4 Å². The Morgan fingerprint density at radius 3 is 2.38 bits per heavy atom. The van der Waals surface area contributed by atoms with E-state index in [0.717, 1.165) is 6.07 Å². The topological polar surface area (TPSA) is 17.1 Å². The summed E-state index contributed by atoms with van der Waals surface area (Å²) < 4.78 is 50.9. The molecule has 6 heteroatoms. The summed E-state index contributed by atoms with van der Waals surface area (Å²) in [6.07, 6.45) is -4.80. The van der Waals surface area contributed by atoms with Gasteiger partial charge in [0.2, 0.25) is 0 Å². The van der Waals surface area contributed by atoms with Crippen LogP contribution in [0.2, 0.25) is 5.02 Å². The standard InChI is InChI=1S/C15H9ClF4O/c1-8-3-2-4-10(13(8)16)14(21)9-5-6-11(12(17)7-9)15(18,19)20/h2-7H,1H3. The van der Waals surface area contributed by atoms with Crippen molar-refractivity contribution in [2.75, 3.05) is 0 Å². The van der Waals surface area contributed by atoms with E-state index >= 15 is 0 Å². The van der Waals surface area contributed by atoms with E-state index in [1.165, 1.54) is 6.07 Å². The van der Waals surface area contributed by atoms with Gasteiger partial charge in [-0.2, -0.15) is 13.2 Å². The van der Waals surface area contributed by atoms with E-state index in [1.54, 1.807) is 19.1 Å². The predicted molar refractivity (Wildman–Crippen MR) is 71.0 cm³/mol. The van der Waals surface area contributed by atoms with Gasteiger partial charge in [-0.25, -0.2) is 4.39 Å². The number of rotatable bonds is 2. The number of alkyl halides is 3. The van der Waals surface area contributed by atoms with E-state index in [0.29, 0.717) is 17.7 Å². The van der Waals surface area contributed by atoms with Gasteiger partial charge < -0.3 is 0 Å². The summed E-state index contributed by atoms with van der Waals surface area (Å²) >= 11 is 5.99. The molecular weight excluding hydrogens is 308 g/mol. The van der Waals surface area contributed by atoms with Gasteiger partial charge in [-0.3, -0.25) is 4.79 Å². The molecule has 21 heavy (non-hydrogen) atoms. The lowest BCUT2D eigenvalue weighted by Crippen LogP contribution is -2.10. The maximum Gasteiger partial charge on any atom is 0.419 e. The van der Waals surface area contributed by atoms with Crippen LogP contribution in [-0.2, 0) is 6.18 Å². The molecule has 0 aliphatic heterocycles. The summed E-state index contributed by atoms with van der Waals surface area (Å²) in [6, 6.07) is 6.78. The number of aryl methyl sites for hydroxylation is 1. The highest BCUT2D eigenvalue weighted by molar-refractivity contribution is 6.35. The van der Waals surface area contributed by atoms with E-state index in [2.05, 4.69) is 0 Å². The number of benzene rings is 2. The van der Waals surface area contributed by atoms with Crippen LogP contribution in [0, 0.1) is 12.7 Å². The third kappa shape index (κ3) is 3.08. The smallest absolute Gasteiger partial charge is 0.289 e. The maximum absolute atomic E-state index is 13.5. The second-order valence-electron chi connectivity index (χ2n) is 4.46. The minimum absolute atomic E-state index is 0.121. The van der Waals surface area contributed by atoms with Crippen molar-refractivity contribution in [3.05, 3.63) is 69.5 Å². The molecule has 0 spiro atoms. The van der Waals surface area contributed by atoms with E-state index in [1.807, 2.05) is 0 Å². The molecule has 0 aromatic heterocycles. The van der Waals surface area contributed by atoms with E-state index in [4.69, 9.17) is 11.6 Å². The highest BCUT2D eigenvalue weighted by atomic mass is 35.5. The van der Waals surface area contributed by atoms with Gasteiger partial charge in [-0.15, -0.1) is 0 Å². The molecular formula is C15H9ClF4O. The molecule has 0 radical (unpaired) electrons. The van der Waals surface area contributed by atoms with Gasteiger partial charge in [-0.1, -0.05) is 29.8 Å². The van der Waals surface area contributed by atoms with E-state index in [-0.39, 0.29) is 16.1 Å². The fourth-order valence-electron chi connectivity index (χ4n) is 1.86. The quantitative estimate of drug-likeness (QED) is 0.560. The van der Waals surface area contributed by atoms with Crippen LogP contribution in [0.3, 0.4) is 0 Å². The van der Waals surface area contributed by atoms with Gasteiger partial charge in [-0.05, 0) is 30.7 Å². The van der Waals surface area contributed by atoms with Gasteiger partial charge in [0.25, 0.3) is 0 Å². The Morgan fingerprint density at radius 1 is 1.14 bits per heavy atom. The van der Waals surface area contributed by atoms with Gasteiger partial charge in [0.15, 0.2) is 5.78 Å². The van der Waals surface area contributed by atoms with Crippen LogP contribution < -0.4 is 0 Å². The number of hydrogen-bond acceptors (Lipinski definition) is 1. The zero-order chi connectivity index (χ0) is 15.8. The molecule has 0 unspecified atom stereocenters. The minimum atomic E-state index is -4.80. The van der Waals surface area contributed by atoms with Crippen LogP contribution in [0.25, 0.3) is 0 Å². The number of halogens is 5. The summed E-state index contributed by atoms with van der Waals surface area (Å²) in [7, 11) is 0. The molecule has 110 valence electrons. The monoisotopic (exact) mass is 316 g/mol. The Balaban J connectivity index is 2.46. The molecule has 0 saturated carbocycles. The summed E-state index contributed by atoms with van der Waals surface area (Å²) in [4.78, 5) is 12.2. The second-order valence-corrected chi connectivity index (χ2v) is 4.84. The second kappa shape index (κ2) is 5.48. The lowest BCUT2D eigenvalue weighted by molar-refractivity contribution is -0.140. The fraction of sp³-hybridized carbons (Fsp3) is 0.133. The lowest BCUT2D eigenvalue weighted by Gasteiger charge is -2.10. The van der Waals surface area contributed by atoms with Crippen LogP contribution in [0.1, 0.15) is 27.0 Å². The molecule has 0 heterocycles. The van der Waals surface area contributed by atoms with Crippen molar-refractivity contribution in [2.45, 2.75) is 13.1 Å². The molecule has 2 aromatic carbocycles.